The number of nitrogens with zero attached hydrogens (tertiary/aromatic N) is 4. The van der Waals surface area contributed by atoms with Crippen LogP contribution in [0.4, 0.5) is 0 Å². The topological polar surface area (TPSA) is 70.5 Å². The lowest BCUT2D eigenvalue weighted by Crippen LogP contribution is -2.40. The highest BCUT2D eigenvalue weighted by Crippen LogP contribution is 2.24. The van der Waals surface area contributed by atoms with Gasteiger partial charge in [0.05, 0.1) is 29.7 Å². The largest absolute Gasteiger partial charge is 0.353 e. The van der Waals surface area contributed by atoms with E-state index in [0.29, 0.717) is 18.7 Å². The molecule has 1 aromatic carbocycles. The predicted octanol–water partition coefficient (Wildman–Crippen LogP) is 1.29. The number of rotatable bonds is 8. The van der Waals surface area contributed by atoms with Gasteiger partial charge in [-0.3, -0.25) is 9.59 Å². The molecule has 138 valence electrons. The third-order valence-corrected chi connectivity index (χ3v) is 4.71. The molecule has 26 heavy (non-hydrogen) atoms. The number of hydrogen-bond donors (Lipinski definition) is 1. The Morgan fingerprint density at radius 3 is 2.65 bits per heavy atom. The van der Waals surface area contributed by atoms with E-state index in [9.17, 15) is 9.59 Å². The van der Waals surface area contributed by atoms with Crippen LogP contribution in [0.5, 0.6) is 0 Å². The average Bonchev–Trinajstić information content (AvgIpc) is 3.20. The number of para-hydroxylation sites is 1. The van der Waals surface area contributed by atoms with Crippen molar-refractivity contribution in [2.24, 2.45) is 0 Å². The average molecular weight is 355 g/mol. The molecule has 1 aliphatic rings. The first-order chi connectivity index (χ1) is 12.6. The Hall–Kier alpha value is -2.67. The van der Waals surface area contributed by atoms with Crippen LogP contribution in [0, 0.1) is 0 Å². The van der Waals surface area contributed by atoms with Crippen molar-refractivity contribution in [2.45, 2.75) is 20.4 Å². The first-order valence-electron chi connectivity index (χ1n) is 9.04. The normalized spacial score (nSPS) is 13.3. The maximum Gasteiger partial charge on any atom is 0.258 e. The van der Waals surface area contributed by atoms with Gasteiger partial charge in [0, 0.05) is 13.1 Å². The molecule has 0 bridgehead atoms. The van der Waals surface area contributed by atoms with Crippen molar-refractivity contribution in [3.05, 3.63) is 47.8 Å². The molecule has 0 aliphatic carbocycles. The van der Waals surface area contributed by atoms with Crippen molar-refractivity contribution in [1.82, 2.24) is 24.9 Å². The van der Waals surface area contributed by atoms with E-state index in [-0.39, 0.29) is 18.4 Å². The van der Waals surface area contributed by atoms with Crippen molar-refractivity contribution in [2.75, 3.05) is 32.7 Å². The van der Waals surface area contributed by atoms with Gasteiger partial charge in [0.15, 0.2) is 0 Å². The lowest BCUT2D eigenvalue weighted by Gasteiger charge is -2.19. The fourth-order valence-electron chi connectivity index (χ4n) is 3.17. The van der Waals surface area contributed by atoms with Gasteiger partial charge in [0.2, 0.25) is 5.91 Å². The summed E-state index contributed by atoms with van der Waals surface area (Å²) >= 11 is 0. The van der Waals surface area contributed by atoms with Crippen molar-refractivity contribution >= 4 is 11.8 Å². The Bertz CT molecular complexity index is 767. The number of carbonyl (C=O) groups excluding carboxylic acids is 2. The van der Waals surface area contributed by atoms with Crippen LogP contribution >= 0.6 is 0 Å². The number of nitrogens with one attached hydrogen (secondary N) is 1. The third-order valence-electron chi connectivity index (χ3n) is 4.71. The highest BCUT2D eigenvalue weighted by Gasteiger charge is 2.32. The van der Waals surface area contributed by atoms with Crippen LogP contribution in [-0.2, 0) is 11.3 Å². The lowest BCUT2D eigenvalue weighted by atomic mass is 10.2. The van der Waals surface area contributed by atoms with E-state index in [1.165, 1.54) is 0 Å². The number of aromatic nitrogens is 2. The molecule has 0 saturated carbocycles. The molecule has 0 spiro atoms. The van der Waals surface area contributed by atoms with Crippen LogP contribution < -0.4 is 5.32 Å². The Balaban J connectivity index is 1.59. The molecule has 3 rings (SSSR count). The van der Waals surface area contributed by atoms with E-state index in [1.807, 2.05) is 30.3 Å². The molecule has 7 heteroatoms. The number of likely N-dealkylation sites (N-methyl/N-ethyl adjacent to an activating group) is 1. The zero-order valence-corrected chi connectivity index (χ0v) is 15.3. The van der Waals surface area contributed by atoms with Crippen LogP contribution in [0.3, 0.4) is 0 Å². The van der Waals surface area contributed by atoms with E-state index >= 15 is 0 Å². The number of hydrogen-bond acceptors (Lipinski definition) is 4. The van der Waals surface area contributed by atoms with Crippen LogP contribution in [0.15, 0.2) is 36.5 Å². The molecule has 1 N–H and O–H groups in total. The first kappa shape index (κ1) is 18.1. The molecule has 0 saturated heterocycles. The third kappa shape index (κ3) is 3.77. The van der Waals surface area contributed by atoms with Crippen LogP contribution in [0.2, 0.25) is 0 Å². The van der Waals surface area contributed by atoms with E-state index < -0.39 is 0 Å². The molecule has 0 fully saturated rings. The standard InChI is InChI=1S/C19H25N5O2/c1-3-22(4-2)11-10-20-18(25)14-23-13-17-16(19(23)26)12-21-24(17)15-8-6-5-7-9-15/h5-9,12H,3-4,10-11,13-14H2,1-2H3,(H,20,25). The van der Waals surface area contributed by atoms with Crippen molar-refractivity contribution < 1.29 is 9.59 Å². The molecule has 0 unspecified atom stereocenters. The number of carbonyl (C=O) groups is 2. The summed E-state index contributed by atoms with van der Waals surface area (Å²) in [4.78, 5) is 28.5. The lowest BCUT2D eigenvalue weighted by molar-refractivity contribution is -0.121. The van der Waals surface area contributed by atoms with E-state index in [4.69, 9.17) is 0 Å². The van der Waals surface area contributed by atoms with Crippen LogP contribution in [-0.4, -0.2) is 64.1 Å². The summed E-state index contributed by atoms with van der Waals surface area (Å²) in [6.45, 7) is 7.99. The summed E-state index contributed by atoms with van der Waals surface area (Å²) in [6, 6.07) is 9.69. The van der Waals surface area contributed by atoms with Crippen LogP contribution in [0.25, 0.3) is 5.69 Å². The molecular formula is C19H25N5O2. The van der Waals surface area contributed by atoms with E-state index in [1.54, 1.807) is 15.8 Å². The minimum Gasteiger partial charge on any atom is -0.353 e. The van der Waals surface area contributed by atoms with Gasteiger partial charge in [-0.2, -0.15) is 5.10 Å². The molecule has 1 aliphatic heterocycles. The highest BCUT2D eigenvalue weighted by atomic mass is 16.2. The van der Waals surface area contributed by atoms with Gasteiger partial charge >= 0.3 is 0 Å². The molecule has 0 atom stereocenters. The van der Waals surface area contributed by atoms with Gasteiger partial charge in [-0.25, -0.2) is 4.68 Å². The highest BCUT2D eigenvalue weighted by molar-refractivity contribution is 5.99. The second-order valence-electron chi connectivity index (χ2n) is 6.29. The smallest absolute Gasteiger partial charge is 0.258 e. The maximum absolute atomic E-state index is 12.5. The summed E-state index contributed by atoms with van der Waals surface area (Å²) in [6.07, 6.45) is 1.59. The Labute approximate surface area is 153 Å². The van der Waals surface area contributed by atoms with Crippen LogP contribution in [0.1, 0.15) is 29.9 Å². The summed E-state index contributed by atoms with van der Waals surface area (Å²) in [5, 5.41) is 7.22. The van der Waals surface area contributed by atoms with E-state index in [0.717, 1.165) is 31.0 Å². The Morgan fingerprint density at radius 2 is 1.96 bits per heavy atom. The summed E-state index contributed by atoms with van der Waals surface area (Å²) < 4.78 is 1.77. The minimum absolute atomic E-state index is 0.0700. The molecule has 1 aromatic heterocycles. The summed E-state index contributed by atoms with van der Waals surface area (Å²) in [5.41, 5.74) is 2.31. The molecule has 2 aromatic rings. The Morgan fingerprint density at radius 1 is 1.23 bits per heavy atom. The van der Waals surface area contributed by atoms with Gasteiger partial charge in [0.25, 0.3) is 5.91 Å². The molecule has 7 nitrogen and oxygen atoms in total. The van der Waals surface area contributed by atoms with Crippen molar-refractivity contribution in [3.8, 4) is 5.69 Å². The molecular weight excluding hydrogens is 330 g/mol. The van der Waals surface area contributed by atoms with Crippen molar-refractivity contribution in [1.29, 1.82) is 0 Å². The summed E-state index contributed by atoms with van der Waals surface area (Å²) in [5.74, 6) is -0.268. The molecule has 0 radical (unpaired) electrons. The number of fused-ring (bicyclic) bond motifs is 1. The van der Waals surface area contributed by atoms with Gasteiger partial charge in [-0.1, -0.05) is 32.0 Å². The molecule has 2 amide bonds. The van der Waals surface area contributed by atoms with E-state index in [2.05, 4.69) is 29.2 Å². The second kappa shape index (κ2) is 8.14. The first-order valence-corrected chi connectivity index (χ1v) is 9.04. The summed E-state index contributed by atoms with van der Waals surface area (Å²) in [7, 11) is 0. The van der Waals surface area contributed by atoms with Gasteiger partial charge in [0.1, 0.15) is 6.54 Å². The zero-order chi connectivity index (χ0) is 18.5. The maximum atomic E-state index is 12.5. The second-order valence-corrected chi connectivity index (χ2v) is 6.29. The fourth-order valence-corrected chi connectivity index (χ4v) is 3.17. The van der Waals surface area contributed by atoms with Gasteiger partial charge in [-0.05, 0) is 25.2 Å². The minimum atomic E-state index is -0.138. The van der Waals surface area contributed by atoms with Gasteiger partial charge in [-0.15, -0.1) is 0 Å². The number of benzene rings is 1. The zero-order valence-electron chi connectivity index (χ0n) is 15.3. The number of amides is 2. The van der Waals surface area contributed by atoms with Crippen molar-refractivity contribution in [3.63, 3.8) is 0 Å². The molecule has 2 heterocycles. The van der Waals surface area contributed by atoms with Gasteiger partial charge < -0.3 is 15.1 Å². The SMILES string of the molecule is CCN(CC)CCNC(=O)CN1Cc2c(cnn2-c2ccccc2)C1=O. The quantitative estimate of drug-likeness (QED) is 0.775. The Kier molecular flexibility index (Phi) is 5.68. The monoisotopic (exact) mass is 355 g/mol. The fraction of sp³-hybridized carbons (Fsp3) is 0.421. The predicted molar refractivity (Wildman–Crippen MR) is 99.1 cm³/mol.